The Labute approximate surface area is 142 Å². The van der Waals surface area contributed by atoms with Crippen LogP contribution in [0, 0.1) is 0 Å². The minimum Gasteiger partial charge on any atom is -0.496 e. The van der Waals surface area contributed by atoms with Crippen LogP contribution in [0.1, 0.15) is 19.3 Å². The molecule has 1 saturated heterocycles. The van der Waals surface area contributed by atoms with Gasteiger partial charge < -0.3 is 14.2 Å². The van der Waals surface area contributed by atoms with Crippen molar-refractivity contribution in [2.75, 3.05) is 32.5 Å². The zero-order valence-corrected chi connectivity index (χ0v) is 14.7. The normalized spacial score (nSPS) is 15.7. The van der Waals surface area contributed by atoms with E-state index < -0.39 is 0 Å². The minimum absolute atomic E-state index is 0.827. The highest BCUT2D eigenvalue weighted by Gasteiger charge is 2.15. The number of piperidine rings is 1. The molecule has 1 aromatic heterocycles. The topological polar surface area (TPSA) is 43.2 Å². The van der Waals surface area contributed by atoms with E-state index in [1.54, 1.807) is 18.9 Å². The van der Waals surface area contributed by atoms with E-state index in [0.29, 0.717) is 0 Å². The van der Waals surface area contributed by atoms with Crippen molar-refractivity contribution in [3.63, 3.8) is 0 Å². The fourth-order valence-electron chi connectivity index (χ4n) is 2.95. The molecule has 0 spiro atoms. The summed E-state index contributed by atoms with van der Waals surface area (Å²) >= 11 is 1.78. The molecule has 0 amide bonds. The second kappa shape index (κ2) is 7.84. The Balaban J connectivity index is 1.64. The molecule has 1 aromatic carbocycles. The van der Waals surface area contributed by atoms with Gasteiger partial charge in [0.2, 0.25) is 0 Å². The zero-order chi connectivity index (χ0) is 16.1. The van der Waals surface area contributed by atoms with E-state index in [1.165, 1.54) is 32.4 Å². The van der Waals surface area contributed by atoms with Crippen molar-refractivity contribution in [2.24, 2.45) is 7.05 Å². The van der Waals surface area contributed by atoms with Gasteiger partial charge in [-0.3, -0.25) is 0 Å². The summed E-state index contributed by atoms with van der Waals surface area (Å²) in [6.45, 7) is 3.61. The maximum Gasteiger partial charge on any atom is 0.191 e. The molecule has 6 heteroatoms. The molecule has 0 saturated carbocycles. The number of likely N-dealkylation sites (tertiary alicyclic amines) is 1. The van der Waals surface area contributed by atoms with Gasteiger partial charge in [-0.05, 0) is 38.1 Å². The predicted molar refractivity (Wildman–Crippen MR) is 94.0 cm³/mol. The van der Waals surface area contributed by atoms with Crippen molar-refractivity contribution in [1.82, 2.24) is 19.7 Å². The number of hydrogen-bond donors (Lipinski definition) is 0. The van der Waals surface area contributed by atoms with Crippen LogP contribution in [0.15, 0.2) is 29.4 Å². The Morgan fingerprint density at radius 2 is 1.91 bits per heavy atom. The van der Waals surface area contributed by atoms with E-state index in [-0.39, 0.29) is 0 Å². The van der Waals surface area contributed by atoms with Gasteiger partial charge in [-0.25, -0.2) is 0 Å². The standard InChI is InChI=1S/C17H24N4OS/c1-20-16(14-8-4-5-9-15(14)22-2)18-19-17(20)23-13-12-21-10-6-3-7-11-21/h4-5,8-9H,3,6-7,10-13H2,1-2H3. The molecule has 2 aromatic rings. The van der Waals surface area contributed by atoms with Gasteiger partial charge in [0.05, 0.1) is 12.7 Å². The molecule has 0 bridgehead atoms. The van der Waals surface area contributed by atoms with Gasteiger partial charge in [-0.2, -0.15) is 0 Å². The molecule has 3 rings (SSSR count). The second-order valence-corrected chi connectivity index (χ2v) is 6.88. The van der Waals surface area contributed by atoms with E-state index >= 15 is 0 Å². The lowest BCUT2D eigenvalue weighted by atomic mass is 10.1. The van der Waals surface area contributed by atoms with Crippen LogP contribution >= 0.6 is 11.8 Å². The largest absolute Gasteiger partial charge is 0.496 e. The molecule has 1 aliphatic heterocycles. The number of methoxy groups -OCH3 is 1. The van der Waals surface area contributed by atoms with E-state index in [2.05, 4.69) is 19.7 Å². The Morgan fingerprint density at radius 3 is 2.70 bits per heavy atom. The summed E-state index contributed by atoms with van der Waals surface area (Å²) in [6, 6.07) is 7.93. The van der Waals surface area contributed by atoms with Crippen LogP contribution in [0.25, 0.3) is 11.4 Å². The highest BCUT2D eigenvalue weighted by atomic mass is 32.2. The molecule has 124 valence electrons. The highest BCUT2D eigenvalue weighted by Crippen LogP contribution is 2.29. The van der Waals surface area contributed by atoms with Crippen molar-refractivity contribution < 1.29 is 4.74 Å². The summed E-state index contributed by atoms with van der Waals surface area (Å²) in [5.41, 5.74) is 0.980. The molecule has 0 radical (unpaired) electrons. The summed E-state index contributed by atoms with van der Waals surface area (Å²) in [6.07, 6.45) is 4.06. The molecule has 0 atom stereocenters. The Bertz CT molecular complexity index is 637. The number of hydrogen-bond acceptors (Lipinski definition) is 5. The predicted octanol–water partition coefficient (Wildman–Crippen LogP) is 3.07. The van der Waals surface area contributed by atoms with Crippen LogP contribution in [0.4, 0.5) is 0 Å². The van der Waals surface area contributed by atoms with E-state index in [0.717, 1.165) is 34.6 Å². The molecule has 1 fully saturated rings. The van der Waals surface area contributed by atoms with Crippen LogP contribution < -0.4 is 4.74 Å². The van der Waals surface area contributed by atoms with E-state index in [1.807, 2.05) is 31.3 Å². The summed E-state index contributed by atoms with van der Waals surface area (Å²) in [4.78, 5) is 2.55. The highest BCUT2D eigenvalue weighted by molar-refractivity contribution is 7.99. The molecule has 1 aliphatic rings. The molecule has 0 N–H and O–H groups in total. The third-order valence-electron chi connectivity index (χ3n) is 4.27. The SMILES string of the molecule is COc1ccccc1-c1nnc(SCCN2CCCCC2)n1C. The number of ether oxygens (including phenoxy) is 1. The zero-order valence-electron chi connectivity index (χ0n) is 13.9. The Hall–Kier alpha value is -1.53. The van der Waals surface area contributed by atoms with Gasteiger partial charge >= 0.3 is 0 Å². The number of thioether (sulfide) groups is 1. The third-order valence-corrected chi connectivity index (χ3v) is 5.27. The molecule has 23 heavy (non-hydrogen) atoms. The van der Waals surface area contributed by atoms with Crippen molar-refractivity contribution in [3.8, 4) is 17.1 Å². The lowest BCUT2D eigenvalue weighted by Crippen LogP contribution is -2.31. The maximum absolute atomic E-state index is 5.43. The number of benzene rings is 1. The van der Waals surface area contributed by atoms with Crippen molar-refractivity contribution >= 4 is 11.8 Å². The van der Waals surface area contributed by atoms with Crippen molar-refractivity contribution in [1.29, 1.82) is 0 Å². The lowest BCUT2D eigenvalue weighted by Gasteiger charge is -2.25. The van der Waals surface area contributed by atoms with Crippen molar-refractivity contribution in [3.05, 3.63) is 24.3 Å². The molecule has 2 heterocycles. The molecule has 5 nitrogen and oxygen atoms in total. The summed E-state index contributed by atoms with van der Waals surface area (Å²) in [7, 11) is 3.70. The van der Waals surface area contributed by atoms with Crippen molar-refractivity contribution in [2.45, 2.75) is 24.4 Å². The van der Waals surface area contributed by atoms with E-state index in [4.69, 9.17) is 4.74 Å². The number of aromatic nitrogens is 3. The quantitative estimate of drug-likeness (QED) is 0.761. The van der Waals surface area contributed by atoms with Crippen LogP contribution in [0.2, 0.25) is 0 Å². The molecular weight excluding hydrogens is 308 g/mol. The van der Waals surface area contributed by atoms with Crippen LogP contribution in [-0.2, 0) is 7.05 Å². The average molecular weight is 332 g/mol. The van der Waals surface area contributed by atoms with Gasteiger partial charge in [0.25, 0.3) is 0 Å². The summed E-state index contributed by atoms with van der Waals surface area (Å²) in [5, 5.41) is 9.67. The first-order valence-corrected chi connectivity index (χ1v) is 9.16. The number of nitrogens with zero attached hydrogens (tertiary/aromatic N) is 4. The Kier molecular flexibility index (Phi) is 5.56. The fourth-order valence-corrected chi connectivity index (χ4v) is 3.86. The fraction of sp³-hybridized carbons (Fsp3) is 0.529. The van der Waals surface area contributed by atoms with Gasteiger partial charge in [0.15, 0.2) is 11.0 Å². The molecule has 0 unspecified atom stereocenters. The van der Waals surface area contributed by atoms with Crippen LogP contribution in [0.3, 0.4) is 0 Å². The number of rotatable bonds is 6. The van der Waals surface area contributed by atoms with Gasteiger partial charge in [0.1, 0.15) is 5.75 Å². The number of para-hydroxylation sites is 1. The average Bonchev–Trinajstić information content (AvgIpc) is 2.96. The monoisotopic (exact) mass is 332 g/mol. The maximum atomic E-state index is 5.43. The first kappa shape index (κ1) is 16.3. The van der Waals surface area contributed by atoms with Gasteiger partial charge in [-0.1, -0.05) is 30.3 Å². The minimum atomic E-state index is 0.827. The smallest absolute Gasteiger partial charge is 0.191 e. The second-order valence-electron chi connectivity index (χ2n) is 5.82. The van der Waals surface area contributed by atoms with E-state index in [9.17, 15) is 0 Å². The van der Waals surface area contributed by atoms with Gasteiger partial charge in [0, 0.05) is 19.3 Å². The van der Waals surface area contributed by atoms with Crippen LogP contribution in [-0.4, -0.2) is 52.2 Å². The van der Waals surface area contributed by atoms with Crippen LogP contribution in [0.5, 0.6) is 5.75 Å². The molecular formula is C17H24N4OS. The third kappa shape index (κ3) is 3.87. The van der Waals surface area contributed by atoms with Gasteiger partial charge in [-0.15, -0.1) is 10.2 Å². The lowest BCUT2D eigenvalue weighted by molar-refractivity contribution is 0.242. The summed E-state index contributed by atoms with van der Waals surface area (Å²) < 4.78 is 7.48. The first-order chi connectivity index (χ1) is 11.3. The molecule has 0 aliphatic carbocycles. The Morgan fingerprint density at radius 1 is 1.13 bits per heavy atom. The summed E-state index contributed by atoms with van der Waals surface area (Å²) in [5.74, 6) is 2.73. The first-order valence-electron chi connectivity index (χ1n) is 8.17.